The summed E-state index contributed by atoms with van der Waals surface area (Å²) < 4.78 is 4.94. The summed E-state index contributed by atoms with van der Waals surface area (Å²) in [5, 5.41) is 13.5. The molecule has 2 N–H and O–H groups in total. The zero-order valence-corrected chi connectivity index (χ0v) is 11.6. The van der Waals surface area contributed by atoms with Crippen LogP contribution < -0.4 is 10.2 Å². The van der Waals surface area contributed by atoms with Crippen LogP contribution in [0.2, 0.25) is 0 Å². The van der Waals surface area contributed by atoms with E-state index < -0.39 is 0 Å². The molecule has 0 aliphatic rings. The van der Waals surface area contributed by atoms with Gasteiger partial charge in [-0.1, -0.05) is 30.3 Å². The van der Waals surface area contributed by atoms with Crippen LogP contribution in [-0.4, -0.2) is 24.3 Å². The molecule has 108 valence electrons. The van der Waals surface area contributed by atoms with Gasteiger partial charge < -0.3 is 9.84 Å². The number of nitrogens with zero attached hydrogens (tertiary/aromatic N) is 1. The summed E-state index contributed by atoms with van der Waals surface area (Å²) in [7, 11) is 1.48. The maximum Gasteiger partial charge on any atom is 0.244 e. The van der Waals surface area contributed by atoms with Gasteiger partial charge in [0.05, 0.1) is 19.7 Å². The summed E-state index contributed by atoms with van der Waals surface area (Å²) in [6, 6.07) is 14.3. The van der Waals surface area contributed by atoms with Crippen LogP contribution in [0.1, 0.15) is 11.1 Å². The molecule has 2 aromatic carbocycles. The number of benzene rings is 2. The second-order valence-electron chi connectivity index (χ2n) is 4.39. The summed E-state index contributed by atoms with van der Waals surface area (Å²) in [6.07, 6.45) is 1.73. The van der Waals surface area contributed by atoms with Gasteiger partial charge in [-0.2, -0.15) is 5.10 Å². The van der Waals surface area contributed by atoms with Crippen LogP contribution >= 0.6 is 0 Å². The third-order valence-corrected chi connectivity index (χ3v) is 2.81. The van der Waals surface area contributed by atoms with Crippen molar-refractivity contribution in [1.82, 2.24) is 5.43 Å². The Kier molecular flexibility index (Phi) is 4.93. The first-order chi connectivity index (χ1) is 10.2. The molecule has 0 saturated carbocycles. The Morgan fingerprint density at radius 2 is 2.05 bits per heavy atom. The van der Waals surface area contributed by atoms with Gasteiger partial charge in [0.15, 0.2) is 11.5 Å². The van der Waals surface area contributed by atoms with Crippen molar-refractivity contribution in [2.24, 2.45) is 5.10 Å². The number of ether oxygens (including phenoxy) is 1. The van der Waals surface area contributed by atoms with Crippen LogP contribution in [0.15, 0.2) is 53.6 Å². The predicted octanol–water partition coefficient (Wildman–Crippen LogP) is 2.09. The van der Waals surface area contributed by atoms with Gasteiger partial charge in [-0.25, -0.2) is 5.43 Å². The Bertz CT molecular complexity index is 639. The number of phenolic OH excluding ortho intramolecular Hbond substituents is 1. The molecule has 0 atom stereocenters. The van der Waals surface area contributed by atoms with E-state index in [0.29, 0.717) is 11.3 Å². The molecule has 1 amide bonds. The van der Waals surface area contributed by atoms with E-state index in [1.54, 1.807) is 12.1 Å². The third kappa shape index (κ3) is 4.35. The minimum atomic E-state index is -0.199. The van der Waals surface area contributed by atoms with Crippen molar-refractivity contribution in [2.45, 2.75) is 6.42 Å². The zero-order chi connectivity index (χ0) is 15.1. The number of phenols is 1. The van der Waals surface area contributed by atoms with E-state index in [0.717, 1.165) is 5.56 Å². The molecule has 2 aromatic rings. The van der Waals surface area contributed by atoms with E-state index in [1.807, 2.05) is 30.3 Å². The number of hydrogen-bond acceptors (Lipinski definition) is 4. The molecule has 0 saturated heterocycles. The van der Waals surface area contributed by atoms with Crippen LogP contribution in [0.25, 0.3) is 0 Å². The number of carbonyl (C=O) groups is 1. The number of hydrogen-bond donors (Lipinski definition) is 2. The number of nitrogens with one attached hydrogen (secondary N) is 1. The summed E-state index contributed by atoms with van der Waals surface area (Å²) in [5.41, 5.74) is 4.03. The van der Waals surface area contributed by atoms with Gasteiger partial charge in [-0.15, -0.1) is 0 Å². The molecule has 2 rings (SSSR count). The Balaban J connectivity index is 1.90. The van der Waals surface area contributed by atoms with E-state index in [2.05, 4.69) is 10.5 Å². The van der Waals surface area contributed by atoms with E-state index in [4.69, 9.17) is 4.74 Å². The minimum absolute atomic E-state index is 0.0251. The smallest absolute Gasteiger partial charge is 0.244 e. The zero-order valence-electron chi connectivity index (χ0n) is 11.6. The molecule has 0 spiro atoms. The fourth-order valence-corrected chi connectivity index (χ4v) is 1.79. The van der Waals surface area contributed by atoms with Crippen molar-refractivity contribution in [3.8, 4) is 11.5 Å². The minimum Gasteiger partial charge on any atom is -0.504 e. The number of rotatable bonds is 5. The van der Waals surface area contributed by atoms with Crippen LogP contribution in [0.3, 0.4) is 0 Å². The Hall–Kier alpha value is -2.82. The first-order valence-electron chi connectivity index (χ1n) is 6.42. The van der Waals surface area contributed by atoms with Gasteiger partial charge in [0.1, 0.15) is 0 Å². The van der Waals surface area contributed by atoms with Gasteiger partial charge in [-0.3, -0.25) is 4.79 Å². The highest BCUT2D eigenvalue weighted by atomic mass is 16.5. The maximum absolute atomic E-state index is 11.7. The lowest BCUT2D eigenvalue weighted by Gasteiger charge is -2.03. The lowest BCUT2D eigenvalue weighted by Crippen LogP contribution is -2.19. The highest BCUT2D eigenvalue weighted by molar-refractivity contribution is 5.83. The average molecular weight is 284 g/mol. The monoisotopic (exact) mass is 284 g/mol. The molecule has 0 aliphatic heterocycles. The quantitative estimate of drug-likeness (QED) is 0.652. The van der Waals surface area contributed by atoms with Crippen LogP contribution in [0.4, 0.5) is 0 Å². The van der Waals surface area contributed by atoms with E-state index >= 15 is 0 Å². The molecule has 21 heavy (non-hydrogen) atoms. The molecular formula is C16H16N2O3. The van der Waals surface area contributed by atoms with Crippen molar-refractivity contribution < 1.29 is 14.6 Å². The average Bonchev–Trinajstić information content (AvgIpc) is 2.48. The molecule has 0 unspecified atom stereocenters. The number of carbonyl (C=O) groups excluding carboxylic acids is 1. The van der Waals surface area contributed by atoms with Gasteiger partial charge in [0.2, 0.25) is 5.91 Å². The van der Waals surface area contributed by atoms with E-state index in [-0.39, 0.29) is 18.1 Å². The second-order valence-corrected chi connectivity index (χ2v) is 4.39. The number of amides is 1. The molecule has 5 heteroatoms. The van der Waals surface area contributed by atoms with Crippen LogP contribution in [0, 0.1) is 0 Å². The molecule has 0 aliphatic carbocycles. The molecule has 0 radical (unpaired) electrons. The topological polar surface area (TPSA) is 70.9 Å². The lowest BCUT2D eigenvalue weighted by atomic mass is 10.1. The third-order valence-electron chi connectivity index (χ3n) is 2.81. The summed E-state index contributed by atoms with van der Waals surface area (Å²) in [4.78, 5) is 11.7. The van der Waals surface area contributed by atoms with Crippen LogP contribution in [-0.2, 0) is 11.2 Å². The van der Waals surface area contributed by atoms with E-state index in [1.165, 1.54) is 19.4 Å². The fraction of sp³-hybridized carbons (Fsp3) is 0.125. The molecular weight excluding hydrogens is 268 g/mol. The van der Waals surface area contributed by atoms with Gasteiger partial charge in [-0.05, 0) is 29.3 Å². The summed E-state index contributed by atoms with van der Waals surface area (Å²) in [6.45, 7) is 0. The SMILES string of the molecule is COc1ccc(C=NNC(=O)Cc2ccccc2)cc1O. The van der Waals surface area contributed by atoms with Gasteiger partial charge >= 0.3 is 0 Å². The fourth-order valence-electron chi connectivity index (χ4n) is 1.79. The molecule has 0 bridgehead atoms. The first-order valence-corrected chi connectivity index (χ1v) is 6.42. The van der Waals surface area contributed by atoms with Crippen molar-refractivity contribution in [3.63, 3.8) is 0 Å². The molecule has 0 heterocycles. The van der Waals surface area contributed by atoms with Crippen molar-refractivity contribution >= 4 is 12.1 Å². The van der Waals surface area contributed by atoms with Gasteiger partial charge in [0.25, 0.3) is 0 Å². The molecule has 0 aromatic heterocycles. The second kappa shape index (κ2) is 7.09. The maximum atomic E-state index is 11.7. The first kappa shape index (κ1) is 14.6. The standard InChI is InChI=1S/C16H16N2O3/c1-21-15-8-7-13(9-14(15)19)11-17-18-16(20)10-12-5-3-2-4-6-12/h2-9,11,19H,10H2,1H3,(H,18,20). The largest absolute Gasteiger partial charge is 0.504 e. The Labute approximate surface area is 122 Å². The van der Waals surface area contributed by atoms with Crippen LogP contribution in [0.5, 0.6) is 11.5 Å². The van der Waals surface area contributed by atoms with E-state index in [9.17, 15) is 9.90 Å². The van der Waals surface area contributed by atoms with Crippen molar-refractivity contribution in [3.05, 3.63) is 59.7 Å². The highest BCUT2D eigenvalue weighted by Crippen LogP contribution is 2.25. The van der Waals surface area contributed by atoms with Crippen molar-refractivity contribution in [2.75, 3.05) is 7.11 Å². The normalized spacial score (nSPS) is 10.5. The molecule has 5 nitrogen and oxygen atoms in total. The predicted molar refractivity (Wildman–Crippen MR) is 80.5 cm³/mol. The lowest BCUT2D eigenvalue weighted by molar-refractivity contribution is -0.120. The summed E-state index contributed by atoms with van der Waals surface area (Å²) in [5.74, 6) is 0.215. The Morgan fingerprint density at radius 3 is 2.71 bits per heavy atom. The van der Waals surface area contributed by atoms with Crippen molar-refractivity contribution in [1.29, 1.82) is 0 Å². The number of aromatic hydroxyl groups is 1. The summed E-state index contributed by atoms with van der Waals surface area (Å²) >= 11 is 0. The van der Waals surface area contributed by atoms with Gasteiger partial charge in [0, 0.05) is 0 Å². The highest BCUT2D eigenvalue weighted by Gasteiger charge is 2.02. The number of hydrazone groups is 1. The number of methoxy groups -OCH3 is 1. The Morgan fingerprint density at radius 1 is 1.29 bits per heavy atom. The molecule has 0 fully saturated rings.